The lowest BCUT2D eigenvalue weighted by Crippen LogP contribution is -2.37. The number of benzene rings is 2. The van der Waals surface area contributed by atoms with Crippen molar-refractivity contribution >= 4 is 15.9 Å². The van der Waals surface area contributed by atoms with Gasteiger partial charge in [-0.05, 0) is 67.2 Å². The summed E-state index contributed by atoms with van der Waals surface area (Å²) in [7, 11) is 0. The minimum atomic E-state index is -0.826. The highest BCUT2D eigenvalue weighted by Crippen LogP contribution is 2.35. The molecule has 144 valence electrons. The van der Waals surface area contributed by atoms with Gasteiger partial charge in [0.15, 0.2) is 0 Å². The van der Waals surface area contributed by atoms with E-state index in [1.807, 2.05) is 18.2 Å². The van der Waals surface area contributed by atoms with Gasteiger partial charge in [0.1, 0.15) is 0 Å². The van der Waals surface area contributed by atoms with Crippen LogP contribution in [0.4, 0.5) is 0 Å². The molecule has 2 bridgehead atoms. The van der Waals surface area contributed by atoms with Crippen LogP contribution in [0.2, 0.25) is 0 Å². The van der Waals surface area contributed by atoms with Crippen LogP contribution in [0, 0.1) is 11.8 Å². The summed E-state index contributed by atoms with van der Waals surface area (Å²) >= 11 is 3.52. The summed E-state index contributed by atoms with van der Waals surface area (Å²) in [5, 5.41) is 11.7. The summed E-state index contributed by atoms with van der Waals surface area (Å²) in [6.07, 6.45) is 7.06. The molecule has 1 aliphatic carbocycles. The summed E-state index contributed by atoms with van der Waals surface area (Å²) in [6.45, 7) is 3.42. The fourth-order valence-electron chi connectivity index (χ4n) is 4.96. The van der Waals surface area contributed by atoms with E-state index in [9.17, 15) is 5.11 Å². The van der Waals surface area contributed by atoms with Gasteiger partial charge in [-0.15, -0.1) is 0 Å². The van der Waals surface area contributed by atoms with Gasteiger partial charge in [-0.1, -0.05) is 58.4 Å². The maximum atomic E-state index is 11.7. The van der Waals surface area contributed by atoms with Crippen LogP contribution in [0.1, 0.15) is 43.2 Å². The van der Waals surface area contributed by atoms with E-state index in [1.165, 1.54) is 44.3 Å². The van der Waals surface area contributed by atoms with Crippen molar-refractivity contribution in [3.8, 4) is 0 Å². The maximum absolute atomic E-state index is 11.7. The molecule has 0 spiro atoms. The van der Waals surface area contributed by atoms with Crippen LogP contribution in [0.3, 0.4) is 0 Å². The van der Waals surface area contributed by atoms with Crippen LogP contribution in [0.15, 0.2) is 59.1 Å². The minimum absolute atomic E-state index is 0.663. The number of nitrogens with zero attached hydrogens (tertiary/aromatic N) is 1. The standard InChI is InChI=1S/C24H30BrNO/c25-23-12-10-22(11-13-23)24(27,16-19-4-2-1-3-5-19)14-15-26-17-20-6-7-21(18-26)9-8-20/h1-5,10-13,20-21,27H,6-9,14-18H2/t20?,21?,24-/m1/s1. The van der Waals surface area contributed by atoms with Gasteiger partial charge >= 0.3 is 0 Å². The van der Waals surface area contributed by atoms with Gasteiger partial charge < -0.3 is 10.0 Å². The van der Waals surface area contributed by atoms with Crippen molar-refractivity contribution in [3.05, 3.63) is 70.2 Å². The van der Waals surface area contributed by atoms with Crippen molar-refractivity contribution in [2.75, 3.05) is 19.6 Å². The molecule has 2 aliphatic heterocycles. The molecule has 27 heavy (non-hydrogen) atoms. The van der Waals surface area contributed by atoms with E-state index < -0.39 is 5.60 Å². The lowest BCUT2D eigenvalue weighted by atomic mass is 9.84. The molecule has 3 heteroatoms. The summed E-state index contributed by atoms with van der Waals surface area (Å²) in [6, 6.07) is 18.6. The largest absolute Gasteiger partial charge is 0.385 e. The zero-order chi connectivity index (χ0) is 18.7. The Kier molecular flexibility index (Phi) is 6.01. The smallest absolute Gasteiger partial charge is 0.0948 e. The van der Waals surface area contributed by atoms with E-state index in [0.717, 1.165) is 34.8 Å². The van der Waals surface area contributed by atoms with Crippen molar-refractivity contribution in [1.82, 2.24) is 4.90 Å². The molecule has 0 amide bonds. The second-order valence-electron chi connectivity index (χ2n) is 8.60. The van der Waals surface area contributed by atoms with Crippen LogP contribution >= 0.6 is 15.9 Å². The highest BCUT2D eigenvalue weighted by molar-refractivity contribution is 9.10. The Morgan fingerprint density at radius 3 is 2.07 bits per heavy atom. The van der Waals surface area contributed by atoms with Crippen molar-refractivity contribution in [2.24, 2.45) is 11.8 Å². The van der Waals surface area contributed by atoms with E-state index in [4.69, 9.17) is 0 Å². The first-order chi connectivity index (χ1) is 13.1. The van der Waals surface area contributed by atoms with Gasteiger partial charge in [-0.2, -0.15) is 0 Å². The Bertz CT molecular complexity index is 710. The molecule has 1 atom stereocenters. The molecule has 5 rings (SSSR count). The number of fused-ring (bicyclic) bond motifs is 4. The normalized spacial score (nSPS) is 25.1. The molecule has 1 N–H and O–H groups in total. The average Bonchev–Trinajstić information content (AvgIpc) is 3.01. The first-order valence-electron chi connectivity index (χ1n) is 10.4. The lowest BCUT2D eigenvalue weighted by Gasteiger charge is -2.32. The summed E-state index contributed by atoms with van der Waals surface area (Å²) in [5.74, 6) is 1.75. The van der Waals surface area contributed by atoms with E-state index in [0.29, 0.717) is 6.42 Å². The molecule has 2 saturated heterocycles. The molecule has 0 radical (unpaired) electrons. The Labute approximate surface area is 171 Å². The van der Waals surface area contributed by atoms with Crippen LogP contribution in [-0.2, 0) is 12.0 Å². The fourth-order valence-corrected chi connectivity index (χ4v) is 5.22. The second kappa shape index (κ2) is 8.46. The van der Waals surface area contributed by atoms with Gasteiger partial charge in [-0.25, -0.2) is 0 Å². The molecule has 2 heterocycles. The third kappa shape index (κ3) is 4.82. The van der Waals surface area contributed by atoms with E-state index in [2.05, 4.69) is 57.2 Å². The molecule has 0 unspecified atom stereocenters. The number of rotatable bonds is 6. The highest BCUT2D eigenvalue weighted by Gasteiger charge is 2.33. The predicted molar refractivity (Wildman–Crippen MR) is 115 cm³/mol. The molecule has 2 nitrogen and oxygen atoms in total. The maximum Gasteiger partial charge on any atom is 0.0948 e. The molecular weight excluding hydrogens is 398 g/mol. The third-order valence-corrected chi connectivity index (χ3v) is 7.09. The number of hydrogen-bond acceptors (Lipinski definition) is 2. The van der Waals surface area contributed by atoms with Gasteiger partial charge in [0, 0.05) is 30.5 Å². The topological polar surface area (TPSA) is 23.5 Å². The monoisotopic (exact) mass is 427 g/mol. The molecule has 1 saturated carbocycles. The molecule has 2 aromatic rings. The fraction of sp³-hybridized carbons (Fsp3) is 0.500. The van der Waals surface area contributed by atoms with Crippen LogP contribution < -0.4 is 0 Å². The SMILES string of the molecule is O[C@](CCN1CC2CCC(CC2)C1)(Cc1ccccc1)c1ccc(Br)cc1. The number of hydrogen-bond donors (Lipinski definition) is 1. The molecule has 0 aromatic heterocycles. The van der Waals surface area contributed by atoms with Crippen molar-refractivity contribution in [1.29, 1.82) is 0 Å². The van der Waals surface area contributed by atoms with Crippen LogP contribution in [-0.4, -0.2) is 29.6 Å². The summed E-state index contributed by atoms with van der Waals surface area (Å²) in [5.41, 5.74) is 1.39. The van der Waals surface area contributed by atoms with Gasteiger partial charge in [0.25, 0.3) is 0 Å². The molecule has 2 aromatic carbocycles. The second-order valence-corrected chi connectivity index (χ2v) is 9.51. The van der Waals surface area contributed by atoms with E-state index in [1.54, 1.807) is 0 Å². The molecule has 3 fully saturated rings. The molecule has 3 aliphatic rings. The van der Waals surface area contributed by atoms with Crippen molar-refractivity contribution < 1.29 is 5.11 Å². The van der Waals surface area contributed by atoms with Crippen molar-refractivity contribution in [2.45, 2.75) is 44.1 Å². The zero-order valence-electron chi connectivity index (χ0n) is 16.0. The minimum Gasteiger partial charge on any atom is -0.385 e. The lowest BCUT2D eigenvalue weighted by molar-refractivity contribution is 0.0163. The van der Waals surface area contributed by atoms with E-state index in [-0.39, 0.29) is 0 Å². The van der Waals surface area contributed by atoms with Gasteiger partial charge in [-0.3, -0.25) is 0 Å². The first-order valence-corrected chi connectivity index (χ1v) is 11.1. The van der Waals surface area contributed by atoms with Crippen LogP contribution in [0.25, 0.3) is 0 Å². The van der Waals surface area contributed by atoms with E-state index >= 15 is 0 Å². The Hall–Kier alpha value is -1.16. The summed E-state index contributed by atoms with van der Waals surface area (Å²) < 4.78 is 1.05. The Morgan fingerprint density at radius 2 is 1.48 bits per heavy atom. The predicted octanol–water partition coefficient (Wildman–Crippen LogP) is 5.39. The molecular formula is C24H30BrNO. The van der Waals surface area contributed by atoms with Crippen LogP contribution in [0.5, 0.6) is 0 Å². The number of aliphatic hydroxyl groups is 1. The first kappa shape index (κ1) is 19.2. The summed E-state index contributed by atoms with van der Waals surface area (Å²) in [4.78, 5) is 2.63. The zero-order valence-corrected chi connectivity index (χ0v) is 17.6. The van der Waals surface area contributed by atoms with Gasteiger partial charge in [0.2, 0.25) is 0 Å². The average molecular weight is 428 g/mol. The van der Waals surface area contributed by atoms with Crippen molar-refractivity contribution in [3.63, 3.8) is 0 Å². The Morgan fingerprint density at radius 1 is 0.889 bits per heavy atom. The Balaban J connectivity index is 1.51. The van der Waals surface area contributed by atoms with Gasteiger partial charge in [0.05, 0.1) is 5.60 Å². The number of halogens is 1. The third-order valence-electron chi connectivity index (χ3n) is 6.56. The quantitative estimate of drug-likeness (QED) is 0.667. The highest BCUT2D eigenvalue weighted by atomic mass is 79.9.